The van der Waals surface area contributed by atoms with Crippen LogP contribution in [-0.4, -0.2) is 155 Å². The molecule has 0 atom stereocenters. The highest BCUT2D eigenvalue weighted by Gasteiger charge is 2.34. The normalized spacial score (nSPS) is 11.2. The van der Waals surface area contributed by atoms with E-state index in [1.807, 2.05) is 5.48 Å². The van der Waals surface area contributed by atoms with E-state index in [0.29, 0.717) is 77.5 Å². The summed E-state index contributed by atoms with van der Waals surface area (Å²) in [5.74, 6) is -1.91. The Labute approximate surface area is 525 Å². The lowest BCUT2D eigenvalue weighted by atomic mass is 10.0. The summed E-state index contributed by atoms with van der Waals surface area (Å²) in [7, 11) is 0. The first kappa shape index (κ1) is 81.3. The molecule has 0 aliphatic rings. The number of carbonyl (C=O) groups excluding carboxylic acids is 11. The van der Waals surface area contributed by atoms with E-state index in [9.17, 15) is 52.7 Å². The Hall–Kier alpha value is -4.68. The Morgan fingerprint density at radius 2 is 0.674 bits per heavy atom. The van der Waals surface area contributed by atoms with E-state index in [-0.39, 0.29) is 121 Å². The number of aldehydes is 3. The number of hydrogen-bond acceptors (Lipinski definition) is 16. The highest BCUT2D eigenvalue weighted by atomic mass is 35.6. The zero-order valence-electron chi connectivity index (χ0n) is 51.1. The van der Waals surface area contributed by atoms with Gasteiger partial charge in [0.1, 0.15) is 31.0 Å². The van der Waals surface area contributed by atoms with Crippen molar-refractivity contribution in [1.82, 2.24) is 37.4 Å². The molecule has 496 valence electrons. The SMILES string of the molecule is O=CCCCCCCCNC(=O)CCOCC(COCCC(=O)NCCCCCCCC=O)(COCCC(=O)NCCCCCCCC(=O)NCCCCCCCC(=O)ONC(=O)CCC=O)NC(=O)CCCCCCCNC(=O)OCC(Cl)(Cl)Cl. The standard InChI is InChI=1S/C60H104Cl3N7O16/c61-60(62,63)50-85-58(81)68-40-25-15-6-9-19-30-55(78)69-59(47-82-44-33-52(75)65-37-21-11-1-3-16-26-41-71,48-83-45-34-53(76)66-38-22-12-2-4-17-27-42-72)49-84-46-35-54(77)67-39-24-13-5-8-18-29-51(74)64-36-23-14-7-10-20-32-57(80)86-70-56(79)31-28-43-73/h41-43H,1-40,44-50H2,(H,64,74)(H,65,75)(H,66,76)(H,67,77)(H,68,81)(H,69,78)(H,70,79). The maximum Gasteiger partial charge on any atom is 0.407 e. The fourth-order valence-electron chi connectivity index (χ4n) is 8.52. The molecule has 0 heterocycles. The third kappa shape index (κ3) is 57.1. The Balaban J connectivity index is 5.21. The summed E-state index contributed by atoms with van der Waals surface area (Å²) in [6.45, 7) is 1.89. The summed E-state index contributed by atoms with van der Waals surface area (Å²) in [6, 6.07) is 0. The maximum atomic E-state index is 13.7. The van der Waals surface area contributed by atoms with Crippen LogP contribution >= 0.6 is 34.8 Å². The van der Waals surface area contributed by atoms with Gasteiger partial charge in [-0.05, 0) is 64.2 Å². The van der Waals surface area contributed by atoms with E-state index < -0.39 is 27.3 Å². The molecule has 0 aliphatic heterocycles. The van der Waals surface area contributed by atoms with Gasteiger partial charge in [0.25, 0.3) is 5.91 Å². The second kappa shape index (κ2) is 58.0. The van der Waals surface area contributed by atoms with Gasteiger partial charge in [0.2, 0.25) is 33.3 Å². The van der Waals surface area contributed by atoms with Crippen LogP contribution in [0, 0.1) is 0 Å². The van der Waals surface area contributed by atoms with E-state index in [2.05, 4.69) is 31.9 Å². The van der Waals surface area contributed by atoms with Gasteiger partial charge in [-0.3, -0.25) is 28.8 Å². The Morgan fingerprint density at radius 1 is 0.337 bits per heavy atom. The largest absolute Gasteiger partial charge is 0.445 e. The number of hydroxylamine groups is 1. The third-order valence-electron chi connectivity index (χ3n) is 13.4. The molecule has 0 aromatic heterocycles. The smallest absolute Gasteiger partial charge is 0.407 e. The van der Waals surface area contributed by atoms with Crippen molar-refractivity contribution >= 4 is 101 Å². The van der Waals surface area contributed by atoms with Crippen molar-refractivity contribution in [2.24, 2.45) is 0 Å². The molecule has 0 fully saturated rings. The summed E-state index contributed by atoms with van der Waals surface area (Å²) in [4.78, 5) is 135. The highest BCUT2D eigenvalue weighted by molar-refractivity contribution is 6.67. The molecule has 0 saturated carbocycles. The number of unbranched alkanes of at least 4 members (excludes halogenated alkanes) is 22. The zero-order valence-corrected chi connectivity index (χ0v) is 53.4. The molecule has 0 aromatic rings. The summed E-state index contributed by atoms with van der Waals surface area (Å²) >= 11 is 16.9. The molecular formula is C60H104Cl3N7O16. The number of carbonyl (C=O) groups is 11. The first-order chi connectivity index (χ1) is 41.5. The molecule has 0 rings (SSSR count). The summed E-state index contributed by atoms with van der Waals surface area (Å²) in [5.41, 5.74) is 0.782. The van der Waals surface area contributed by atoms with Crippen molar-refractivity contribution in [2.45, 2.75) is 234 Å². The molecule has 23 nitrogen and oxygen atoms in total. The second-order valence-electron chi connectivity index (χ2n) is 21.5. The number of halogens is 3. The predicted molar refractivity (Wildman–Crippen MR) is 329 cm³/mol. The molecule has 26 heteroatoms. The Bertz CT molecular complexity index is 1810. The number of rotatable bonds is 60. The average molecular weight is 1290 g/mol. The summed E-state index contributed by atoms with van der Waals surface area (Å²) < 4.78 is 21.4. The van der Waals surface area contributed by atoms with Gasteiger partial charge in [-0.2, -0.15) is 5.48 Å². The van der Waals surface area contributed by atoms with Gasteiger partial charge in [-0.25, -0.2) is 9.59 Å². The van der Waals surface area contributed by atoms with Crippen LogP contribution in [0.15, 0.2) is 0 Å². The van der Waals surface area contributed by atoms with Crippen LogP contribution in [-0.2, 0) is 71.7 Å². The van der Waals surface area contributed by atoms with E-state index >= 15 is 0 Å². The molecule has 7 N–H and O–H groups in total. The number of ether oxygens (including phenoxy) is 4. The van der Waals surface area contributed by atoms with Crippen LogP contribution in [0.5, 0.6) is 0 Å². The topological polar surface area (TPSA) is 318 Å². The zero-order chi connectivity index (χ0) is 63.5. The number of amides is 7. The molecule has 86 heavy (non-hydrogen) atoms. The van der Waals surface area contributed by atoms with Crippen molar-refractivity contribution in [3.63, 3.8) is 0 Å². The molecule has 0 radical (unpaired) electrons. The lowest BCUT2D eigenvalue weighted by Crippen LogP contribution is -2.58. The minimum atomic E-state index is -1.71. The third-order valence-corrected chi connectivity index (χ3v) is 13.7. The quantitative estimate of drug-likeness (QED) is 0.0130. The molecule has 7 amide bonds. The maximum absolute atomic E-state index is 13.7. The summed E-state index contributed by atoms with van der Waals surface area (Å²) in [5, 5.41) is 17.4. The first-order valence-electron chi connectivity index (χ1n) is 31.4. The minimum Gasteiger partial charge on any atom is -0.445 e. The average Bonchev–Trinajstić information content (AvgIpc) is 3.64. The number of hydrogen-bond donors (Lipinski definition) is 7. The second-order valence-corrected chi connectivity index (χ2v) is 24.0. The van der Waals surface area contributed by atoms with Crippen LogP contribution in [0.2, 0.25) is 0 Å². The van der Waals surface area contributed by atoms with Gasteiger partial charge in [0.15, 0.2) is 0 Å². The predicted octanol–water partition coefficient (Wildman–Crippen LogP) is 8.28. The fourth-order valence-corrected chi connectivity index (χ4v) is 8.68. The Morgan fingerprint density at radius 3 is 1.07 bits per heavy atom. The number of nitrogens with one attached hydrogen (secondary N) is 7. The van der Waals surface area contributed by atoms with Gasteiger partial charge in [0, 0.05) is 96.9 Å². The molecule has 0 spiro atoms. The van der Waals surface area contributed by atoms with Crippen LogP contribution in [0.1, 0.15) is 225 Å². The highest BCUT2D eigenvalue weighted by Crippen LogP contribution is 2.26. The lowest BCUT2D eigenvalue weighted by Gasteiger charge is -2.34. The molecule has 0 unspecified atom stereocenters. The van der Waals surface area contributed by atoms with Gasteiger partial charge in [0.05, 0.1) is 39.6 Å². The molecule has 0 bridgehead atoms. The van der Waals surface area contributed by atoms with Gasteiger partial charge < -0.3 is 70.1 Å². The van der Waals surface area contributed by atoms with Crippen LogP contribution < -0.4 is 37.4 Å². The van der Waals surface area contributed by atoms with Crippen molar-refractivity contribution in [1.29, 1.82) is 0 Å². The molecular weight excluding hydrogens is 1180 g/mol. The van der Waals surface area contributed by atoms with E-state index in [4.69, 9.17) is 58.6 Å². The number of alkyl carbamates (subject to hydrolysis) is 1. The van der Waals surface area contributed by atoms with Gasteiger partial charge >= 0.3 is 12.1 Å². The molecule has 0 aromatic carbocycles. The lowest BCUT2D eigenvalue weighted by molar-refractivity contribution is -0.158. The van der Waals surface area contributed by atoms with Gasteiger partial charge in [-0.1, -0.05) is 131 Å². The monoisotopic (exact) mass is 1280 g/mol. The van der Waals surface area contributed by atoms with Crippen LogP contribution in [0.4, 0.5) is 4.79 Å². The number of alkyl halides is 3. The van der Waals surface area contributed by atoms with Crippen molar-refractivity contribution < 1.29 is 76.5 Å². The van der Waals surface area contributed by atoms with Crippen molar-refractivity contribution in [2.75, 3.05) is 79.0 Å². The van der Waals surface area contributed by atoms with E-state index in [1.165, 1.54) is 0 Å². The fraction of sp³-hybridized carbons (Fsp3) is 0.817. The van der Waals surface area contributed by atoms with Crippen molar-refractivity contribution in [3.8, 4) is 0 Å². The van der Waals surface area contributed by atoms with Crippen LogP contribution in [0.25, 0.3) is 0 Å². The van der Waals surface area contributed by atoms with Crippen molar-refractivity contribution in [3.05, 3.63) is 0 Å². The minimum absolute atomic E-state index is 0.00899. The summed E-state index contributed by atoms with van der Waals surface area (Å²) in [6.07, 6.45) is 24.8. The first-order valence-corrected chi connectivity index (χ1v) is 32.6. The molecule has 0 aliphatic carbocycles. The van der Waals surface area contributed by atoms with Gasteiger partial charge in [-0.15, -0.1) is 0 Å². The van der Waals surface area contributed by atoms with E-state index in [1.54, 1.807) is 0 Å². The molecule has 0 saturated heterocycles. The Kier molecular flexibility index (Phi) is 54.9. The van der Waals surface area contributed by atoms with Crippen LogP contribution in [0.3, 0.4) is 0 Å². The van der Waals surface area contributed by atoms with E-state index in [0.717, 1.165) is 154 Å².